The monoisotopic (exact) mass is 407 g/mol. The molecule has 1 aliphatic carbocycles. The normalized spacial score (nSPS) is 35.4. The second-order valence-electron chi connectivity index (χ2n) is 9.96. The van der Waals surface area contributed by atoms with Gasteiger partial charge in [-0.15, -0.1) is 0 Å². The number of rotatable bonds is 5. The largest absolute Gasteiger partial charge is 0.641 e. The Hall–Kier alpha value is -0.510. The van der Waals surface area contributed by atoms with Gasteiger partial charge in [-0.2, -0.15) is 4.67 Å². The van der Waals surface area contributed by atoms with E-state index in [-0.39, 0.29) is 11.6 Å². The lowest BCUT2D eigenvalue weighted by atomic mass is 9.71. The molecule has 1 aliphatic heterocycles. The number of benzene rings is 1. The summed E-state index contributed by atoms with van der Waals surface area (Å²) in [6, 6.07) is 9.57. The van der Waals surface area contributed by atoms with Crippen molar-refractivity contribution in [2.75, 3.05) is 6.54 Å². The van der Waals surface area contributed by atoms with E-state index in [4.69, 9.17) is 4.52 Å². The van der Waals surface area contributed by atoms with Crippen molar-refractivity contribution in [1.82, 2.24) is 4.67 Å². The molecule has 1 unspecified atom stereocenters. The molecule has 5 heteroatoms. The van der Waals surface area contributed by atoms with Gasteiger partial charge in [-0.3, -0.25) is 0 Å². The molecule has 0 spiro atoms. The summed E-state index contributed by atoms with van der Waals surface area (Å²) in [5, 5.41) is 11.1. The van der Waals surface area contributed by atoms with Crippen molar-refractivity contribution in [3.05, 3.63) is 35.9 Å². The van der Waals surface area contributed by atoms with Gasteiger partial charge in [0, 0.05) is 12.5 Å². The van der Waals surface area contributed by atoms with Gasteiger partial charge in [0.25, 0.3) is 0 Å². The third kappa shape index (κ3) is 4.04. The van der Waals surface area contributed by atoms with Crippen LogP contribution < -0.4 is 4.89 Å². The van der Waals surface area contributed by atoms with Crippen molar-refractivity contribution < 1.29 is 14.5 Å². The van der Waals surface area contributed by atoms with Crippen LogP contribution in [0.1, 0.15) is 72.5 Å². The average Bonchev–Trinajstić information content (AvgIpc) is 2.64. The van der Waals surface area contributed by atoms with E-state index >= 15 is 0 Å². The maximum atomic E-state index is 14.5. The highest BCUT2D eigenvalue weighted by Crippen LogP contribution is 2.70. The molecule has 0 aromatic heterocycles. The number of aliphatic hydroxyl groups is 1. The van der Waals surface area contributed by atoms with Crippen molar-refractivity contribution in [2.45, 2.75) is 84.2 Å². The highest BCUT2D eigenvalue weighted by Gasteiger charge is 2.61. The quantitative estimate of drug-likeness (QED) is 0.712. The Bertz CT molecular complexity index is 653. The van der Waals surface area contributed by atoms with E-state index in [1.54, 1.807) is 0 Å². The van der Waals surface area contributed by atoms with E-state index in [0.717, 1.165) is 24.9 Å². The van der Waals surface area contributed by atoms with Crippen LogP contribution in [0.25, 0.3) is 0 Å². The SMILES string of the molecule is CC(C)CN1C(C)(C)[C@@H]2CC[C@@H](C)C[C@H]2O[P+]1([O-])[C@@H](C)[C@H](O)c1ccccc1. The van der Waals surface area contributed by atoms with Crippen LogP contribution in [0.5, 0.6) is 0 Å². The lowest BCUT2D eigenvalue weighted by molar-refractivity contribution is -0.240. The van der Waals surface area contributed by atoms with E-state index in [1.165, 1.54) is 6.42 Å². The van der Waals surface area contributed by atoms with Gasteiger partial charge in [-0.1, -0.05) is 57.5 Å². The Morgan fingerprint density at radius 1 is 1.21 bits per heavy atom. The highest BCUT2D eigenvalue weighted by molar-refractivity contribution is 7.62. The minimum absolute atomic E-state index is 0.0124. The molecule has 1 saturated carbocycles. The minimum Gasteiger partial charge on any atom is -0.641 e. The summed E-state index contributed by atoms with van der Waals surface area (Å²) < 4.78 is 8.66. The lowest BCUT2D eigenvalue weighted by Crippen LogP contribution is -2.63. The van der Waals surface area contributed by atoms with Gasteiger partial charge in [0.2, 0.25) is 0 Å². The minimum atomic E-state index is -3.24. The molecule has 0 bridgehead atoms. The summed E-state index contributed by atoms with van der Waals surface area (Å²) in [7, 11) is -3.24. The summed E-state index contributed by atoms with van der Waals surface area (Å²) in [5.74, 6) is 1.35. The van der Waals surface area contributed by atoms with Crippen molar-refractivity contribution in [2.24, 2.45) is 17.8 Å². The predicted molar refractivity (Wildman–Crippen MR) is 115 cm³/mol. The maximum Gasteiger partial charge on any atom is 0.180 e. The zero-order chi connectivity index (χ0) is 20.7. The molecule has 6 atom stereocenters. The molecule has 1 heterocycles. The summed E-state index contributed by atoms with van der Waals surface area (Å²) in [4.78, 5) is 14.5. The molecule has 1 N–H and O–H groups in total. The predicted octanol–water partition coefficient (Wildman–Crippen LogP) is 4.80. The van der Waals surface area contributed by atoms with Gasteiger partial charge < -0.3 is 10.00 Å². The van der Waals surface area contributed by atoms with Gasteiger partial charge >= 0.3 is 0 Å². The van der Waals surface area contributed by atoms with Crippen molar-refractivity contribution in [3.63, 3.8) is 0 Å². The first-order valence-electron chi connectivity index (χ1n) is 10.9. The van der Waals surface area contributed by atoms with Gasteiger partial charge in [0.1, 0.15) is 17.9 Å². The number of fused-ring (bicyclic) bond motifs is 1. The molecule has 1 aromatic carbocycles. The molecule has 0 amide bonds. The summed E-state index contributed by atoms with van der Waals surface area (Å²) >= 11 is 0. The van der Waals surface area contributed by atoms with Crippen LogP contribution in [0.3, 0.4) is 0 Å². The average molecular weight is 408 g/mol. The fraction of sp³-hybridized carbons (Fsp3) is 0.739. The third-order valence-electron chi connectivity index (χ3n) is 6.90. The molecule has 2 fully saturated rings. The molecule has 28 heavy (non-hydrogen) atoms. The third-order valence-corrected chi connectivity index (χ3v) is 10.1. The fourth-order valence-electron chi connectivity index (χ4n) is 5.17. The zero-order valence-corrected chi connectivity index (χ0v) is 19.2. The van der Waals surface area contributed by atoms with E-state index in [0.29, 0.717) is 17.8 Å². The molecule has 158 valence electrons. The molecule has 1 aromatic rings. The summed E-state index contributed by atoms with van der Waals surface area (Å²) in [6.07, 6.45) is 2.48. The molecule has 4 nitrogen and oxygen atoms in total. The zero-order valence-electron chi connectivity index (χ0n) is 18.3. The van der Waals surface area contributed by atoms with Crippen molar-refractivity contribution >= 4 is 7.87 Å². The Morgan fingerprint density at radius 2 is 1.86 bits per heavy atom. The van der Waals surface area contributed by atoms with Crippen LogP contribution in [0.2, 0.25) is 0 Å². The first kappa shape index (κ1) is 22.2. The number of aliphatic hydroxyl groups excluding tert-OH is 1. The molecular weight excluding hydrogens is 369 g/mol. The van der Waals surface area contributed by atoms with Crippen molar-refractivity contribution in [1.29, 1.82) is 0 Å². The summed E-state index contributed by atoms with van der Waals surface area (Å²) in [6.45, 7) is 13.7. The van der Waals surface area contributed by atoms with Crippen LogP contribution in [0.4, 0.5) is 0 Å². The lowest BCUT2D eigenvalue weighted by Gasteiger charge is -2.60. The Kier molecular flexibility index (Phi) is 6.59. The van der Waals surface area contributed by atoms with E-state index in [1.807, 2.05) is 37.3 Å². The van der Waals surface area contributed by atoms with Crippen LogP contribution >= 0.6 is 7.87 Å². The molecule has 2 aliphatic rings. The molecule has 1 saturated heterocycles. The second kappa shape index (κ2) is 8.32. The topological polar surface area (TPSA) is 55.8 Å². The fourth-order valence-corrected chi connectivity index (χ4v) is 8.49. The van der Waals surface area contributed by atoms with Gasteiger partial charge in [-0.25, -0.2) is 4.52 Å². The van der Waals surface area contributed by atoms with Crippen LogP contribution in [-0.4, -0.2) is 33.6 Å². The molecular formula is C23H38NO3P. The first-order valence-corrected chi connectivity index (χ1v) is 12.5. The van der Waals surface area contributed by atoms with Crippen LogP contribution in [-0.2, 0) is 4.52 Å². The number of nitrogens with zero attached hydrogens (tertiary/aromatic N) is 1. The Morgan fingerprint density at radius 3 is 2.46 bits per heavy atom. The standard InChI is InChI=1S/C23H38NO3P/c1-16(2)15-24-23(5,6)20-13-12-17(3)14-21(20)27-28(24,26)18(4)22(25)19-10-8-7-9-11-19/h7-11,16-18,20-22,25H,12-15H2,1-6H3/t17-,18+,20-,21-,22+,28?/m1/s1. The summed E-state index contributed by atoms with van der Waals surface area (Å²) in [5.41, 5.74) is 0.106. The van der Waals surface area contributed by atoms with Crippen LogP contribution in [0, 0.1) is 17.8 Å². The van der Waals surface area contributed by atoms with E-state index in [2.05, 4.69) is 39.3 Å². The Labute approximate surface area is 171 Å². The van der Waals surface area contributed by atoms with Gasteiger partial charge in [0.15, 0.2) is 7.87 Å². The number of hydrogen-bond acceptors (Lipinski definition) is 4. The first-order chi connectivity index (χ1) is 13.1. The van der Waals surface area contributed by atoms with Crippen LogP contribution in [0.15, 0.2) is 30.3 Å². The van der Waals surface area contributed by atoms with E-state index < -0.39 is 19.6 Å². The van der Waals surface area contributed by atoms with Gasteiger partial charge in [0.05, 0.1) is 5.54 Å². The molecule has 3 rings (SSSR count). The maximum absolute atomic E-state index is 14.5. The van der Waals surface area contributed by atoms with Gasteiger partial charge in [-0.05, 0) is 51.0 Å². The highest BCUT2D eigenvalue weighted by atomic mass is 31.2. The smallest absolute Gasteiger partial charge is 0.180 e. The Balaban J connectivity index is 1.98. The van der Waals surface area contributed by atoms with Crippen molar-refractivity contribution in [3.8, 4) is 0 Å². The molecule has 0 radical (unpaired) electrons. The number of hydrogen-bond donors (Lipinski definition) is 1. The van der Waals surface area contributed by atoms with E-state index in [9.17, 15) is 10.00 Å². The second-order valence-corrected chi connectivity index (χ2v) is 12.6.